The van der Waals surface area contributed by atoms with Crippen LogP contribution in [0.5, 0.6) is 0 Å². The van der Waals surface area contributed by atoms with Crippen molar-refractivity contribution in [1.82, 2.24) is 14.7 Å². The molecule has 1 heterocycles. The van der Waals surface area contributed by atoms with Crippen molar-refractivity contribution in [1.29, 1.82) is 0 Å². The smallest absolute Gasteiger partial charge is 0.128 e. The van der Waals surface area contributed by atoms with Gasteiger partial charge in [0.25, 0.3) is 0 Å². The van der Waals surface area contributed by atoms with Crippen molar-refractivity contribution in [3.8, 4) is 0 Å². The molecule has 2 N–H and O–H groups in total. The minimum Gasteiger partial charge on any atom is -0.319 e. The number of aromatic nitrogens is 2. The first-order valence-electron chi connectivity index (χ1n) is 6.46. The number of hydrogen-bond acceptors (Lipinski definition) is 3. The van der Waals surface area contributed by atoms with Gasteiger partial charge in [-0.05, 0) is 32.3 Å². The molecule has 7 heteroatoms. The number of benzene rings is 1. The Morgan fingerprint density at radius 2 is 2.10 bits per heavy atom. The van der Waals surface area contributed by atoms with Gasteiger partial charge in [-0.15, -0.1) is 0 Å². The quantitative estimate of drug-likeness (QED) is 0.916. The summed E-state index contributed by atoms with van der Waals surface area (Å²) in [6, 6.07) is 3.58. The summed E-state index contributed by atoms with van der Waals surface area (Å²) in [6.45, 7) is 1.39. The van der Waals surface area contributed by atoms with Gasteiger partial charge in [0, 0.05) is 17.1 Å². The van der Waals surface area contributed by atoms with Crippen molar-refractivity contribution >= 4 is 23.2 Å². The summed E-state index contributed by atoms with van der Waals surface area (Å²) in [4.78, 5) is 2.02. The maximum Gasteiger partial charge on any atom is 0.128 e. The lowest BCUT2D eigenvalue weighted by Crippen LogP contribution is -2.24. The topological polar surface area (TPSA) is 47.1 Å². The molecule has 0 saturated heterocycles. The Bertz CT molecular complexity index is 627. The molecular formula is C14H17Cl2FN4. The zero-order valence-electron chi connectivity index (χ0n) is 11.9. The van der Waals surface area contributed by atoms with Gasteiger partial charge in [0.15, 0.2) is 0 Å². The van der Waals surface area contributed by atoms with Gasteiger partial charge in [0.2, 0.25) is 0 Å². The van der Waals surface area contributed by atoms with E-state index in [2.05, 4.69) is 5.10 Å². The first-order chi connectivity index (χ1) is 9.90. The molecule has 0 aliphatic rings. The van der Waals surface area contributed by atoms with Crippen LogP contribution in [0.25, 0.3) is 0 Å². The predicted octanol–water partition coefficient (Wildman–Crippen LogP) is 2.94. The van der Waals surface area contributed by atoms with Gasteiger partial charge < -0.3 is 10.6 Å². The summed E-state index contributed by atoms with van der Waals surface area (Å²) in [5.74, 6) is -0.414. The molecule has 1 aromatic heterocycles. The molecule has 0 aliphatic carbocycles. The van der Waals surface area contributed by atoms with Crippen molar-refractivity contribution in [2.45, 2.75) is 12.6 Å². The Morgan fingerprint density at radius 1 is 1.38 bits per heavy atom. The van der Waals surface area contributed by atoms with Crippen molar-refractivity contribution in [2.75, 3.05) is 20.6 Å². The molecule has 21 heavy (non-hydrogen) atoms. The van der Waals surface area contributed by atoms with Gasteiger partial charge in [-0.2, -0.15) is 5.10 Å². The number of rotatable bonds is 5. The number of nitrogens with zero attached hydrogens (tertiary/aromatic N) is 3. The van der Waals surface area contributed by atoms with Gasteiger partial charge in [-0.25, -0.2) is 4.39 Å². The van der Waals surface area contributed by atoms with E-state index in [4.69, 9.17) is 28.9 Å². The highest BCUT2D eigenvalue weighted by Crippen LogP contribution is 2.29. The SMILES string of the molecule is CN(C)CCn1ncc(Cl)c1C(N)c1cc(Cl)ccc1F. The molecule has 1 atom stereocenters. The molecule has 114 valence electrons. The molecule has 0 spiro atoms. The van der Waals surface area contributed by atoms with Crippen LogP contribution in [-0.4, -0.2) is 35.3 Å². The predicted molar refractivity (Wildman–Crippen MR) is 83.2 cm³/mol. The third kappa shape index (κ3) is 3.74. The molecule has 2 aromatic rings. The number of nitrogens with two attached hydrogens (primary N) is 1. The molecule has 0 saturated carbocycles. The van der Waals surface area contributed by atoms with Gasteiger partial charge in [0.1, 0.15) is 5.82 Å². The van der Waals surface area contributed by atoms with Crippen LogP contribution in [0.1, 0.15) is 17.3 Å². The molecule has 0 bridgehead atoms. The van der Waals surface area contributed by atoms with Crippen LogP contribution in [-0.2, 0) is 6.54 Å². The molecule has 2 rings (SSSR count). The Labute approximate surface area is 133 Å². The summed E-state index contributed by atoms with van der Waals surface area (Å²) in [5, 5.41) is 5.05. The second-order valence-corrected chi connectivity index (χ2v) is 5.89. The summed E-state index contributed by atoms with van der Waals surface area (Å²) in [7, 11) is 3.92. The van der Waals surface area contributed by atoms with E-state index in [1.165, 1.54) is 24.4 Å². The number of halogens is 3. The average Bonchev–Trinajstić information content (AvgIpc) is 2.79. The third-order valence-corrected chi connectivity index (χ3v) is 3.71. The Morgan fingerprint density at radius 3 is 2.76 bits per heavy atom. The molecule has 0 amide bonds. The average molecular weight is 331 g/mol. The van der Waals surface area contributed by atoms with Crippen LogP contribution in [0.2, 0.25) is 10.0 Å². The zero-order chi connectivity index (χ0) is 15.6. The normalized spacial score (nSPS) is 12.9. The second kappa shape index (κ2) is 6.75. The van der Waals surface area contributed by atoms with Crippen LogP contribution in [0, 0.1) is 5.82 Å². The summed E-state index contributed by atoms with van der Waals surface area (Å²) in [5.41, 5.74) is 7.07. The molecular weight excluding hydrogens is 314 g/mol. The molecule has 1 unspecified atom stereocenters. The van der Waals surface area contributed by atoms with Gasteiger partial charge in [-0.1, -0.05) is 23.2 Å². The summed E-state index contributed by atoms with van der Waals surface area (Å²) >= 11 is 12.1. The van der Waals surface area contributed by atoms with Crippen LogP contribution in [0.4, 0.5) is 4.39 Å². The van der Waals surface area contributed by atoms with E-state index < -0.39 is 11.9 Å². The molecule has 1 aromatic carbocycles. The van der Waals surface area contributed by atoms with E-state index in [-0.39, 0.29) is 0 Å². The lowest BCUT2D eigenvalue weighted by atomic mass is 10.0. The van der Waals surface area contributed by atoms with Crippen LogP contribution < -0.4 is 5.73 Å². The molecule has 0 radical (unpaired) electrons. The minimum absolute atomic E-state index is 0.302. The van der Waals surface area contributed by atoms with E-state index >= 15 is 0 Å². The Kier molecular flexibility index (Phi) is 5.22. The highest BCUT2D eigenvalue weighted by atomic mass is 35.5. The van der Waals surface area contributed by atoms with E-state index in [1.807, 2.05) is 19.0 Å². The number of hydrogen-bond donors (Lipinski definition) is 1. The van der Waals surface area contributed by atoms with E-state index in [0.29, 0.717) is 27.8 Å². The second-order valence-electron chi connectivity index (χ2n) is 5.05. The Balaban J connectivity index is 2.36. The monoisotopic (exact) mass is 330 g/mol. The fourth-order valence-electron chi connectivity index (χ4n) is 2.05. The molecule has 0 aliphatic heterocycles. The molecule has 4 nitrogen and oxygen atoms in total. The van der Waals surface area contributed by atoms with Crippen LogP contribution >= 0.6 is 23.2 Å². The standard InChI is InChI=1S/C14H17Cl2FN4/c1-20(2)5-6-21-14(11(16)8-19-21)13(18)10-7-9(15)3-4-12(10)17/h3-4,7-8,13H,5-6,18H2,1-2H3. The zero-order valence-corrected chi connectivity index (χ0v) is 13.4. The van der Waals surface area contributed by atoms with Crippen molar-refractivity contribution < 1.29 is 4.39 Å². The maximum absolute atomic E-state index is 14.0. The first-order valence-corrected chi connectivity index (χ1v) is 7.22. The summed E-state index contributed by atoms with van der Waals surface area (Å²) in [6.07, 6.45) is 1.52. The lowest BCUT2D eigenvalue weighted by molar-refractivity contribution is 0.367. The maximum atomic E-state index is 14.0. The van der Waals surface area contributed by atoms with Crippen LogP contribution in [0.15, 0.2) is 24.4 Å². The Hall–Kier alpha value is -1.14. The van der Waals surface area contributed by atoms with Crippen molar-refractivity contribution in [2.24, 2.45) is 5.73 Å². The van der Waals surface area contributed by atoms with Crippen molar-refractivity contribution in [3.05, 3.63) is 51.5 Å². The largest absolute Gasteiger partial charge is 0.319 e. The van der Waals surface area contributed by atoms with E-state index in [9.17, 15) is 4.39 Å². The third-order valence-electron chi connectivity index (χ3n) is 3.18. The first kappa shape index (κ1) is 16.2. The minimum atomic E-state index is -0.721. The highest BCUT2D eigenvalue weighted by molar-refractivity contribution is 6.31. The van der Waals surface area contributed by atoms with E-state index in [1.54, 1.807) is 4.68 Å². The van der Waals surface area contributed by atoms with Gasteiger partial charge in [0.05, 0.1) is 29.5 Å². The summed E-state index contributed by atoms with van der Waals surface area (Å²) < 4.78 is 15.7. The van der Waals surface area contributed by atoms with Gasteiger partial charge in [-0.3, -0.25) is 4.68 Å². The lowest BCUT2D eigenvalue weighted by Gasteiger charge is -2.17. The van der Waals surface area contributed by atoms with E-state index in [0.717, 1.165) is 6.54 Å². The van der Waals surface area contributed by atoms with Crippen LogP contribution in [0.3, 0.4) is 0 Å². The molecule has 0 fully saturated rings. The fourth-order valence-corrected chi connectivity index (χ4v) is 2.49. The number of likely N-dealkylation sites (N-methyl/N-ethyl adjacent to an activating group) is 1. The fraction of sp³-hybridized carbons (Fsp3) is 0.357. The van der Waals surface area contributed by atoms with Gasteiger partial charge >= 0.3 is 0 Å². The highest BCUT2D eigenvalue weighted by Gasteiger charge is 2.21. The van der Waals surface area contributed by atoms with Crippen molar-refractivity contribution in [3.63, 3.8) is 0 Å².